The van der Waals surface area contributed by atoms with E-state index in [0.717, 1.165) is 18.6 Å². The van der Waals surface area contributed by atoms with Gasteiger partial charge in [0, 0.05) is 23.4 Å². The molecule has 28 heavy (non-hydrogen) atoms. The Morgan fingerprint density at radius 1 is 1.46 bits per heavy atom. The molecule has 1 fully saturated rings. The fourth-order valence-corrected chi connectivity index (χ4v) is 5.16. The molecule has 0 aromatic heterocycles. The Bertz CT molecular complexity index is 839. The predicted octanol–water partition coefficient (Wildman–Crippen LogP) is 4.60. The lowest BCUT2D eigenvalue weighted by molar-refractivity contribution is -0.385. The van der Waals surface area contributed by atoms with Gasteiger partial charge in [-0.2, -0.15) is 0 Å². The van der Waals surface area contributed by atoms with E-state index in [1.807, 2.05) is 0 Å². The number of hydrogen-bond donors (Lipinski definition) is 1. The molecule has 0 saturated heterocycles. The van der Waals surface area contributed by atoms with Crippen LogP contribution in [0.15, 0.2) is 23.2 Å². The lowest BCUT2D eigenvalue weighted by atomic mass is 9.81. The Morgan fingerprint density at radius 2 is 2.18 bits per heavy atom. The minimum Gasteiger partial charge on any atom is -0.444 e. The third-order valence-electron chi connectivity index (χ3n) is 4.98. The van der Waals surface area contributed by atoms with E-state index in [-0.39, 0.29) is 23.1 Å². The van der Waals surface area contributed by atoms with Crippen LogP contribution in [0.1, 0.15) is 46.1 Å². The molecule has 1 aliphatic heterocycles. The summed E-state index contributed by atoms with van der Waals surface area (Å²) in [5, 5.41) is 14.2. The average Bonchev–Trinajstić information content (AvgIpc) is 2.89. The van der Waals surface area contributed by atoms with Crippen molar-refractivity contribution >= 4 is 28.7 Å². The van der Waals surface area contributed by atoms with Crippen LogP contribution in [-0.4, -0.2) is 27.5 Å². The summed E-state index contributed by atoms with van der Waals surface area (Å²) in [6.45, 7) is 7.35. The number of carbonyl (C=O) groups is 1. The van der Waals surface area contributed by atoms with Crippen molar-refractivity contribution in [2.75, 3.05) is 5.75 Å². The number of alkyl carbamates (subject to hydrolysis) is 1. The minimum atomic E-state index is -0.925. The van der Waals surface area contributed by atoms with Gasteiger partial charge < -0.3 is 4.74 Å². The van der Waals surface area contributed by atoms with E-state index in [0.29, 0.717) is 17.3 Å². The van der Waals surface area contributed by atoms with Crippen molar-refractivity contribution in [2.45, 2.75) is 51.7 Å². The van der Waals surface area contributed by atoms with Gasteiger partial charge in [0.1, 0.15) is 11.4 Å². The largest absolute Gasteiger partial charge is 0.444 e. The third kappa shape index (κ3) is 4.14. The third-order valence-corrected chi connectivity index (χ3v) is 6.02. The zero-order valence-electron chi connectivity index (χ0n) is 16.3. The fourth-order valence-electron chi connectivity index (χ4n) is 4.00. The summed E-state index contributed by atoms with van der Waals surface area (Å²) >= 11 is 1.39. The molecule has 9 heteroatoms. The van der Waals surface area contributed by atoms with E-state index in [1.54, 1.807) is 20.8 Å². The van der Waals surface area contributed by atoms with Crippen LogP contribution in [0.4, 0.5) is 14.9 Å². The highest BCUT2D eigenvalue weighted by Gasteiger charge is 2.51. The molecular weight excluding hydrogens is 385 g/mol. The van der Waals surface area contributed by atoms with Gasteiger partial charge in [0.2, 0.25) is 0 Å². The summed E-state index contributed by atoms with van der Waals surface area (Å²) in [6.07, 6.45) is 0.784. The molecule has 1 aromatic carbocycles. The number of amidine groups is 1. The molecular formula is C19H24FN3O4S. The van der Waals surface area contributed by atoms with Gasteiger partial charge in [-0.15, -0.1) is 0 Å². The highest BCUT2D eigenvalue weighted by molar-refractivity contribution is 8.13. The fraction of sp³-hybridized carbons (Fsp3) is 0.579. The molecule has 3 atom stereocenters. The van der Waals surface area contributed by atoms with Crippen molar-refractivity contribution in [2.24, 2.45) is 16.8 Å². The molecule has 0 spiro atoms. The molecule has 1 heterocycles. The van der Waals surface area contributed by atoms with Crippen molar-refractivity contribution in [1.29, 1.82) is 0 Å². The van der Waals surface area contributed by atoms with Gasteiger partial charge in [-0.3, -0.25) is 20.4 Å². The number of rotatable bonds is 2. The van der Waals surface area contributed by atoms with Gasteiger partial charge in [-0.05, 0) is 51.5 Å². The van der Waals surface area contributed by atoms with Crippen molar-refractivity contribution in [3.8, 4) is 0 Å². The Labute approximate surface area is 167 Å². The lowest BCUT2D eigenvalue weighted by Crippen LogP contribution is -2.42. The van der Waals surface area contributed by atoms with Crippen LogP contribution in [0.5, 0.6) is 0 Å². The van der Waals surface area contributed by atoms with E-state index in [2.05, 4.69) is 12.2 Å². The molecule has 1 aliphatic carbocycles. The number of fused-ring (bicyclic) bond motifs is 1. The van der Waals surface area contributed by atoms with Gasteiger partial charge in [-0.25, -0.2) is 9.18 Å². The smallest absolute Gasteiger partial charge is 0.413 e. The Kier molecular flexibility index (Phi) is 5.40. The number of carbonyl (C=O) groups excluding carboxylic acids is 1. The number of nitro benzene ring substituents is 1. The quantitative estimate of drug-likeness (QED) is 0.569. The van der Waals surface area contributed by atoms with E-state index in [1.165, 1.54) is 17.8 Å². The second-order valence-electron chi connectivity index (χ2n) is 8.44. The summed E-state index contributed by atoms with van der Waals surface area (Å²) in [5.74, 6) is 0.445. The molecule has 3 rings (SSSR count). The number of nitro groups is 1. The molecule has 1 aromatic rings. The van der Waals surface area contributed by atoms with Gasteiger partial charge in [-0.1, -0.05) is 18.7 Å². The van der Waals surface area contributed by atoms with Crippen molar-refractivity contribution < 1.29 is 18.8 Å². The summed E-state index contributed by atoms with van der Waals surface area (Å²) in [4.78, 5) is 27.6. The zero-order chi connectivity index (χ0) is 20.7. The molecule has 1 amide bonds. The maximum absolute atomic E-state index is 14.8. The molecule has 2 aliphatic rings. The molecule has 1 N–H and O–H groups in total. The zero-order valence-corrected chi connectivity index (χ0v) is 17.1. The number of non-ortho nitro benzene ring substituents is 1. The molecule has 7 nitrogen and oxygen atoms in total. The van der Waals surface area contributed by atoms with Crippen LogP contribution in [-0.2, 0) is 10.3 Å². The maximum atomic E-state index is 14.8. The first kappa shape index (κ1) is 20.6. The molecule has 0 unspecified atom stereocenters. The Balaban J connectivity index is 2.01. The molecule has 1 saturated carbocycles. The van der Waals surface area contributed by atoms with Crippen LogP contribution >= 0.6 is 11.8 Å². The summed E-state index contributed by atoms with van der Waals surface area (Å²) in [5.41, 5.74) is -1.53. The van der Waals surface area contributed by atoms with Gasteiger partial charge >= 0.3 is 6.09 Å². The summed E-state index contributed by atoms with van der Waals surface area (Å²) < 4.78 is 20.1. The minimum absolute atomic E-state index is 0.0354. The van der Waals surface area contributed by atoms with Crippen molar-refractivity contribution in [3.63, 3.8) is 0 Å². The SMILES string of the molecule is C[C@@H]1C[C@H]2CSC(NC(=O)OC(C)(C)C)=N[C@@]2(c2cc([N+](=O)[O-])ccc2F)C1. The molecule has 0 radical (unpaired) electrons. The second kappa shape index (κ2) is 7.35. The highest BCUT2D eigenvalue weighted by atomic mass is 32.2. The predicted molar refractivity (Wildman–Crippen MR) is 106 cm³/mol. The van der Waals surface area contributed by atoms with Crippen LogP contribution in [0.25, 0.3) is 0 Å². The lowest BCUT2D eigenvalue weighted by Gasteiger charge is -2.36. The van der Waals surface area contributed by atoms with Crippen LogP contribution in [0.2, 0.25) is 0 Å². The monoisotopic (exact) mass is 409 g/mol. The number of nitrogens with one attached hydrogen (secondary N) is 1. The first-order valence-corrected chi connectivity index (χ1v) is 10.2. The highest BCUT2D eigenvalue weighted by Crippen LogP contribution is 2.54. The molecule has 0 bridgehead atoms. The topological polar surface area (TPSA) is 93.8 Å². The summed E-state index contributed by atoms with van der Waals surface area (Å²) in [6, 6.07) is 3.56. The van der Waals surface area contributed by atoms with E-state index in [4.69, 9.17) is 9.73 Å². The number of thioether (sulfide) groups is 1. The first-order chi connectivity index (χ1) is 13.0. The second-order valence-corrected chi connectivity index (χ2v) is 9.45. The average molecular weight is 409 g/mol. The first-order valence-electron chi connectivity index (χ1n) is 9.17. The Hall–Kier alpha value is -2.16. The number of hydrogen-bond acceptors (Lipinski definition) is 6. The van der Waals surface area contributed by atoms with Gasteiger partial charge in [0.25, 0.3) is 5.69 Å². The van der Waals surface area contributed by atoms with E-state index >= 15 is 0 Å². The number of aliphatic imine (C=N–C) groups is 1. The van der Waals surface area contributed by atoms with Crippen LogP contribution < -0.4 is 5.32 Å². The maximum Gasteiger partial charge on any atom is 0.413 e. The van der Waals surface area contributed by atoms with E-state index in [9.17, 15) is 19.3 Å². The normalized spacial score (nSPS) is 27.0. The van der Waals surface area contributed by atoms with Crippen molar-refractivity contribution in [1.82, 2.24) is 5.32 Å². The Morgan fingerprint density at radius 3 is 2.82 bits per heavy atom. The number of ether oxygens (including phenoxy) is 1. The van der Waals surface area contributed by atoms with Crippen molar-refractivity contribution in [3.05, 3.63) is 39.7 Å². The standard InChI is InChI=1S/C19H24FN3O4S/c1-11-7-12-10-28-16(21-17(24)27-18(2,3)4)22-19(12,9-11)14-8-13(23(25)26)5-6-15(14)20/h5-6,8,11-12H,7,9-10H2,1-4H3,(H,21,22,24)/t11-,12+,19+/m1/s1. The van der Waals surface area contributed by atoms with Crippen LogP contribution in [0, 0.1) is 27.8 Å². The summed E-state index contributed by atoms with van der Waals surface area (Å²) in [7, 11) is 0. The van der Waals surface area contributed by atoms with E-state index < -0.39 is 28.0 Å². The van der Waals surface area contributed by atoms with Gasteiger partial charge in [0.15, 0.2) is 5.17 Å². The number of benzene rings is 1. The van der Waals surface area contributed by atoms with Gasteiger partial charge in [0.05, 0.1) is 10.5 Å². The molecule has 152 valence electrons. The van der Waals surface area contributed by atoms with Crippen LogP contribution in [0.3, 0.4) is 0 Å². The number of halogens is 1. The number of amides is 1. The number of nitrogens with zero attached hydrogens (tertiary/aromatic N) is 2.